The lowest BCUT2D eigenvalue weighted by Gasteiger charge is -2.06. The van der Waals surface area contributed by atoms with E-state index in [1.165, 1.54) is 18.3 Å². The molecule has 3 N–H and O–H groups in total. The SMILES string of the molecule is O=C(NCc1ccc(O)c(O)c1)c1cccnc1. The van der Waals surface area contributed by atoms with Crippen molar-refractivity contribution in [3.63, 3.8) is 0 Å². The van der Waals surface area contributed by atoms with E-state index in [-0.39, 0.29) is 24.0 Å². The molecule has 1 amide bonds. The number of hydrogen-bond donors (Lipinski definition) is 3. The van der Waals surface area contributed by atoms with Gasteiger partial charge in [-0.25, -0.2) is 0 Å². The molecule has 0 saturated heterocycles. The summed E-state index contributed by atoms with van der Waals surface area (Å²) in [6.07, 6.45) is 3.07. The van der Waals surface area contributed by atoms with Gasteiger partial charge in [-0.05, 0) is 29.8 Å². The van der Waals surface area contributed by atoms with Crippen molar-refractivity contribution in [3.05, 3.63) is 53.9 Å². The molecule has 5 heteroatoms. The standard InChI is InChI=1S/C13H12N2O3/c16-11-4-3-9(6-12(11)17)7-15-13(18)10-2-1-5-14-8-10/h1-6,8,16-17H,7H2,(H,15,18). The van der Waals surface area contributed by atoms with Crippen molar-refractivity contribution < 1.29 is 15.0 Å². The summed E-state index contributed by atoms with van der Waals surface area (Å²) in [5, 5.41) is 21.2. The second-order valence-electron chi connectivity index (χ2n) is 3.75. The molecular formula is C13H12N2O3. The Morgan fingerprint density at radius 2 is 2.06 bits per heavy atom. The fraction of sp³-hybridized carbons (Fsp3) is 0.0769. The summed E-state index contributed by atoms with van der Waals surface area (Å²) in [7, 11) is 0. The Hall–Kier alpha value is -2.56. The van der Waals surface area contributed by atoms with Crippen LogP contribution in [-0.4, -0.2) is 21.1 Å². The lowest BCUT2D eigenvalue weighted by atomic mass is 10.2. The fourth-order valence-electron chi connectivity index (χ4n) is 1.46. The Labute approximate surface area is 104 Å². The van der Waals surface area contributed by atoms with Crippen molar-refractivity contribution in [2.24, 2.45) is 0 Å². The molecule has 0 aliphatic heterocycles. The molecule has 0 fully saturated rings. The zero-order chi connectivity index (χ0) is 13.0. The van der Waals surface area contributed by atoms with Gasteiger partial charge in [-0.2, -0.15) is 0 Å². The molecule has 0 aliphatic carbocycles. The lowest BCUT2D eigenvalue weighted by Crippen LogP contribution is -2.22. The Kier molecular flexibility index (Phi) is 3.43. The van der Waals surface area contributed by atoms with Gasteiger partial charge in [-0.3, -0.25) is 9.78 Å². The van der Waals surface area contributed by atoms with E-state index >= 15 is 0 Å². The zero-order valence-corrected chi connectivity index (χ0v) is 9.50. The van der Waals surface area contributed by atoms with Crippen molar-refractivity contribution in [2.75, 3.05) is 0 Å². The van der Waals surface area contributed by atoms with Crippen molar-refractivity contribution >= 4 is 5.91 Å². The van der Waals surface area contributed by atoms with Crippen LogP contribution < -0.4 is 5.32 Å². The minimum atomic E-state index is -0.240. The number of carbonyl (C=O) groups excluding carboxylic acids is 1. The van der Waals surface area contributed by atoms with E-state index in [4.69, 9.17) is 5.11 Å². The number of aromatic nitrogens is 1. The van der Waals surface area contributed by atoms with Crippen molar-refractivity contribution in [2.45, 2.75) is 6.54 Å². The number of hydrogen-bond acceptors (Lipinski definition) is 4. The third-order valence-corrected chi connectivity index (χ3v) is 2.42. The fourth-order valence-corrected chi connectivity index (χ4v) is 1.46. The van der Waals surface area contributed by atoms with Gasteiger partial charge in [0.25, 0.3) is 5.91 Å². The summed E-state index contributed by atoms with van der Waals surface area (Å²) < 4.78 is 0. The van der Waals surface area contributed by atoms with E-state index in [2.05, 4.69) is 10.3 Å². The summed E-state index contributed by atoms with van der Waals surface area (Å²) in [6, 6.07) is 7.75. The predicted octanol–water partition coefficient (Wildman–Crippen LogP) is 1.42. The van der Waals surface area contributed by atoms with Crippen LogP contribution in [0.2, 0.25) is 0 Å². The van der Waals surface area contributed by atoms with Gasteiger partial charge in [0.05, 0.1) is 5.56 Å². The number of carbonyl (C=O) groups is 1. The number of benzene rings is 1. The molecule has 2 aromatic rings. The first-order valence-electron chi connectivity index (χ1n) is 5.36. The number of pyridine rings is 1. The molecule has 5 nitrogen and oxygen atoms in total. The van der Waals surface area contributed by atoms with E-state index in [1.807, 2.05) is 0 Å². The zero-order valence-electron chi connectivity index (χ0n) is 9.50. The molecule has 18 heavy (non-hydrogen) atoms. The first kappa shape index (κ1) is 11.9. The van der Waals surface area contributed by atoms with Gasteiger partial charge < -0.3 is 15.5 Å². The minimum Gasteiger partial charge on any atom is -0.504 e. The van der Waals surface area contributed by atoms with E-state index in [0.717, 1.165) is 0 Å². The van der Waals surface area contributed by atoms with Crippen LogP contribution in [0.25, 0.3) is 0 Å². The molecule has 1 heterocycles. The third-order valence-electron chi connectivity index (χ3n) is 2.42. The van der Waals surface area contributed by atoms with Gasteiger partial charge >= 0.3 is 0 Å². The van der Waals surface area contributed by atoms with Crippen LogP contribution >= 0.6 is 0 Å². The number of nitrogens with one attached hydrogen (secondary N) is 1. The molecule has 0 saturated carbocycles. The molecule has 0 radical (unpaired) electrons. The third kappa shape index (κ3) is 2.76. The number of amides is 1. The highest BCUT2D eigenvalue weighted by atomic mass is 16.3. The second-order valence-corrected chi connectivity index (χ2v) is 3.75. The number of aromatic hydroxyl groups is 2. The first-order valence-corrected chi connectivity index (χ1v) is 5.36. The minimum absolute atomic E-state index is 0.183. The van der Waals surface area contributed by atoms with Crippen molar-refractivity contribution in [3.8, 4) is 11.5 Å². The summed E-state index contributed by atoms with van der Waals surface area (Å²) in [5.74, 6) is -0.629. The summed E-state index contributed by atoms with van der Waals surface area (Å²) in [6.45, 7) is 0.265. The first-order chi connectivity index (χ1) is 8.66. The highest BCUT2D eigenvalue weighted by Gasteiger charge is 2.05. The average Bonchev–Trinajstić information content (AvgIpc) is 2.41. The smallest absolute Gasteiger partial charge is 0.253 e. The Bertz CT molecular complexity index is 555. The van der Waals surface area contributed by atoms with Crippen LogP contribution in [0.3, 0.4) is 0 Å². The number of rotatable bonds is 3. The van der Waals surface area contributed by atoms with Gasteiger partial charge in [0.15, 0.2) is 11.5 Å². The van der Waals surface area contributed by atoms with Gasteiger partial charge in [-0.1, -0.05) is 6.07 Å². The molecule has 1 aromatic carbocycles. The molecule has 0 atom stereocenters. The monoisotopic (exact) mass is 244 g/mol. The van der Waals surface area contributed by atoms with Gasteiger partial charge in [-0.15, -0.1) is 0 Å². The van der Waals surface area contributed by atoms with Crippen LogP contribution in [-0.2, 0) is 6.54 Å². The van der Waals surface area contributed by atoms with Gasteiger partial charge in [0, 0.05) is 18.9 Å². The molecule has 92 valence electrons. The second kappa shape index (κ2) is 5.18. The van der Waals surface area contributed by atoms with Gasteiger partial charge in [0.2, 0.25) is 0 Å². The van der Waals surface area contributed by atoms with Crippen LogP contribution in [0.1, 0.15) is 15.9 Å². The topological polar surface area (TPSA) is 82.5 Å². The maximum Gasteiger partial charge on any atom is 0.253 e. The summed E-state index contributed by atoms with van der Waals surface area (Å²) in [5.41, 5.74) is 1.17. The molecule has 0 unspecified atom stereocenters. The van der Waals surface area contributed by atoms with E-state index in [9.17, 15) is 9.90 Å². The van der Waals surface area contributed by atoms with Crippen LogP contribution in [0.4, 0.5) is 0 Å². The van der Waals surface area contributed by atoms with E-state index in [0.29, 0.717) is 11.1 Å². The summed E-state index contributed by atoms with van der Waals surface area (Å²) >= 11 is 0. The number of nitrogens with zero attached hydrogens (tertiary/aromatic N) is 1. The number of phenolic OH excluding ortho intramolecular Hbond substituents is 2. The highest BCUT2D eigenvalue weighted by molar-refractivity contribution is 5.93. The van der Waals surface area contributed by atoms with E-state index < -0.39 is 0 Å². The predicted molar refractivity (Wildman–Crippen MR) is 65.2 cm³/mol. The molecular weight excluding hydrogens is 232 g/mol. The highest BCUT2D eigenvalue weighted by Crippen LogP contribution is 2.24. The Morgan fingerprint density at radius 3 is 2.72 bits per heavy atom. The quantitative estimate of drug-likeness (QED) is 0.713. The van der Waals surface area contributed by atoms with Crippen molar-refractivity contribution in [1.82, 2.24) is 10.3 Å². The molecule has 1 aromatic heterocycles. The Morgan fingerprint density at radius 1 is 1.22 bits per heavy atom. The van der Waals surface area contributed by atoms with Crippen molar-refractivity contribution in [1.29, 1.82) is 0 Å². The maximum absolute atomic E-state index is 11.7. The van der Waals surface area contributed by atoms with Gasteiger partial charge in [0.1, 0.15) is 0 Å². The lowest BCUT2D eigenvalue weighted by molar-refractivity contribution is 0.0950. The molecule has 2 rings (SSSR count). The largest absolute Gasteiger partial charge is 0.504 e. The maximum atomic E-state index is 11.7. The normalized spacial score (nSPS) is 10.0. The van der Waals surface area contributed by atoms with Crippen LogP contribution in [0.5, 0.6) is 11.5 Å². The molecule has 0 aliphatic rings. The summed E-state index contributed by atoms with van der Waals surface area (Å²) in [4.78, 5) is 15.6. The van der Waals surface area contributed by atoms with Crippen LogP contribution in [0, 0.1) is 0 Å². The average molecular weight is 244 g/mol. The van der Waals surface area contributed by atoms with Crippen LogP contribution in [0.15, 0.2) is 42.7 Å². The Balaban J connectivity index is 1.99. The number of phenols is 2. The van der Waals surface area contributed by atoms with E-state index in [1.54, 1.807) is 24.4 Å². The molecule has 0 spiro atoms. The molecule has 0 bridgehead atoms.